The molecule has 3 rings (SSSR count). The highest BCUT2D eigenvalue weighted by molar-refractivity contribution is 7.99. The van der Waals surface area contributed by atoms with Gasteiger partial charge in [0.2, 0.25) is 0 Å². The fourth-order valence-corrected chi connectivity index (χ4v) is 3.96. The standard InChI is InChI=1S/C17H19N3S/c1-12-13(9-14(10-18)20(12)2)11-19-16-7-8-21-17-6-4-3-5-15(16)17/h3-6,9,16,19H,7-8,11H2,1-2H3/t16-/m1/s1. The van der Waals surface area contributed by atoms with Crippen molar-refractivity contribution in [3.05, 3.63) is 52.8 Å². The SMILES string of the molecule is Cc1c(CN[C@@H]2CCSc3ccccc32)cc(C#N)n1C. The molecule has 108 valence electrons. The van der Waals surface area contributed by atoms with Crippen LogP contribution in [0.15, 0.2) is 35.2 Å². The Morgan fingerprint density at radius 1 is 1.43 bits per heavy atom. The normalized spacial score (nSPS) is 17.3. The molecule has 21 heavy (non-hydrogen) atoms. The summed E-state index contributed by atoms with van der Waals surface area (Å²) in [4.78, 5) is 1.39. The number of benzene rings is 1. The smallest absolute Gasteiger partial charge is 0.120 e. The number of nitrogens with zero attached hydrogens (tertiary/aromatic N) is 2. The molecule has 0 saturated heterocycles. The van der Waals surface area contributed by atoms with Gasteiger partial charge in [-0.1, -0.05) is 18.2 Å². The third-order valence-corrected chi connectivity index (χ3v) is 5.37. The summed E-state index contributed by atoms with van der Waals surface area (Å²) < 4.78 is 1.96. The van der Waals surface area contributed by atoms with Crippen molar-refractivity contribution in [1.82, 2.24) is 9.88 Å². The van der Waals surface area contributed by atoms with Crippen LogP contribution in [0.3, 0.4) is 0 Å². The van der Waals surface area contributed by atoms with Crippen LogP contribution in [0.4, 0.5) is 0 Å². The molecule has 1 aliphatic rings. The van der Waals surface area contributed by atoms with E-state index in [2.05, 4.69) is 42.6 Å². The van der Waals surface area contributed by atoms with Crippen LogP contribution in [0.1, 0.15) is 35.0 Å². The van der Waals surface area contributed by atoms with Crippen molar-refractivity contribution in [2.24, 2.45) is 7.05 Å². The van der Waals surface area contributed by atoms with Crippen LogP contribution in [0.2, 0.25) is 0 Å². The molecule has 0 aliphatic carbocycles. The summed E-state index contributed by atoms with van der Waals surface area (Å²) in [6, 6.07) is 13.3. The van der Waals surface area contributed by atoms with Gasteiger partial charge in [-0.05, 0) is 42.4 Å². The molecule has 2 aromatic rings. The van der Waals surface area contributed by atoms with Gasteiger partial charge in [0, 0.05) is 30.2 Å². The van der Waals surface area contributed by atoms with Gasteiger partial charge in [-0.15, -0.1) is 11.8 Å². The molecule has 0 unspecified atom stereocenters. The van der Waals surface area contributed by atoms with Crippen molar-refractivity contribution in [1.29, 1.82) is 5.26 Å². The van der Waals surface area contributed by atoms with E-state index in [4.69, 9.17) is 5.26 Å². The van der Waals surface area contributed by atoms with Gasteiger partial charge in [-0.3, -0.25) is 0 Å². The maximum Gasteiger partial charge on any atom is 0.120 e. The van der Waals surface area contributed by atoms with E-state index < -0.39 is 0 Å². The van der Waals surface area contributed by atoms with Gasteiger partial charge in [-0.2, -0.15) is 5.26 Å². The van der Waals surface area contributed by atoms with Crippen LogP contribution in [-0.4, -0.2) is 10.3 Å². The Morgan fingerprint density at radius 3 is 3.00 bits per heavy atom. The van der Waals surface area contributed by atoms with E-state index in [1.807, 2.05) is 29.4 Å². The molecule has 1 aromatic heterocycles. The zero-order chi connectivity index (χ0) is 14.8. The Bertz CT molecular complexity index is 697. The number of aromatic nitrogens is 1. The number of nitriles is 1. The molecule has 4 heteroatoms. The van der Waals surface area contributed by atoms with Crippen molar-refractivity contribution in [3.63, 3.8) is 0 Å². The Kier molecular flexibility index (Phi) is 4.05. The van der Waals surface area contributed by atoms with Gasteiger partial charge in [0.05, 0.1) is 0 Å². The molecule has 0 saturated carbocycles. The number of fused-ring (bicyclic) bond motifs is 1. The predicted molar refractivity (Wildman–Crippen MR) is 86.2 cm³/mol. The van der Waals surface area contributed by atoms with E-state index in [1.54, 1.807) is 0 Å². The highest BCUT2D eigenvalue weighted by atomic mass is 32.2. The first-order valence-corrected chi connectivity index (χ1v) is 8.19. The van der Waals surface area contributed by atoms with Gasteiger partial charge in [0.1, 0.15) is 11.8 Å². The number of hydrogen-bond donors (Lipinski definition) is 1. The minimum absolute atomic E-state index is 0.410. The van der Waals surface area contributed by atoms with Crippen molar-refractivity contribution < 1.29 is 0 Å². The van der Waals surface area contributed by atoms with Crippen molar-refractivity contribution in [2.45, 2.75) is 30.8 Å². The van der Waals surface area contributed by atoms with Crippen LogP contribution >= 0.6 is 11.8 Å². The van der Waals surface area contributed by atoms with E-state index >= 15 is 0 Å². The van der Waals surface area contributed by atoms with Gasteiger partial charge >= 0.3 is 0 Å². The fraction of sp³-hybridized carbons (Fsp3) is 0.353. The molecule has 1 aliphatic heterocycles. The predicted octanol–water partition coefficient (Wildman–Crippen LogP) is 3.53. The third kappa shape index (κ3) is 2.72. The van der Waals surface area contributed by atoms with Gasteiger partial charge in [0.25, 0.3) is 0 Å². The lowest BCUT2D eigenvalue weighted by Gasteiger charge is -2.26. The van der Waals surface area contributed by atoms with Crippen LogP contribution in [0.5, 0.6) is 0 Å². The maximum atomic E-state index is 9.11. The van der Waals surface area contributed by atoms with E-state index in [-0.39, 0.29) is 0 Å². The lowest BCUT2D eigenvalue weighted by Crippen LogP contribution is -2.24. The lowest BCUT2D eigenvalue weighted by atomic mass is 10.0. The Hall–Kier alpha value is -1.70. The monoisotopic (exact) mass is 297 g/mol. The number of nitrogens with one attached hydrogen (secondary N) is 1. The Balaban J connectivity index is 1.76. The van der Waals surface area contributed by atoms with E-state index in [9.17, 15) is 0 Å². The third-order valence-electron chi connectivity index (χ3n) is 4.25. The molecule has 0 fully saturated rings. The summed E-state index contributed by atoms with van der Waals surface area (Å²) in [6.45, 7) is 2.88. The summed E-state index contributed by atoms with van der Waals surface area (Å²) >= 11 is 1.94. The number of thioether (sulfide) groups is 1. The average Bonchev–Trinajstić information content (AvgIpc) is 2.80. The Morgan fingerprint density at radius 2 is 2.24 bits per heavy atom. The molecule has 1 N–H and O–H groups in total. The summed E-state index contributed by atoms with van der Waals surface area (Å²) in [7, 11) is 1.95. The number of rotatable bonds is 3. The topological polar surface area (TPSA) is 40.8 Å². The molecular formula is C17H19N3S. The molecule has 2 heterocycles. The average molecular weight is 297 g/mol. The van der Waals surface area contributed by atoms with Gasteiger partial charge in [-0.25, -0.2) is 0 Å². The quantitative estimate of drug-likeness (QED) is 0.942. The second-order valence-electron chi connectivity index (χ2n) is 5.42. The zero-order valence-electron chi connectivity index (χ0n) is 12.4. The van der Waals surface area contributed by atoms with E-state index in [0.29, 0.717) is 6.04 Å². The van der Waals surface area contributed by atoms with Crippen LogP contribution in [0.25, 0.3) is 0 Å². The fourth-order valence-electron chi connectivity index (χ4n) is 2.84. The molecule has 1 atom stereocenters. The van der Waals surface area contributed by atoms with Crippen LogP contribution in [0, 0.1) is 18.3 Å². The van der Waals surface area contributed by atoms with E-state index in [1.165, 1.54) is 16.0 Å². The van der Waals surface area contributed by atoms with Gasteiger partial charge < -0.3 is 9.88 Å². The maximum absolute atomic E-state index is 9.11. The van der Waals surface area contributed by atoms with Crippen molar-refractivity contribution >= 4 is 11.8 Å². The first kappa shape index (κ1) is 14.2. The zero-order valence-corrected chi connectivity index (χ0v) is 13.2. The molecule has 0 spiro atoms. The summed E-state index contributed by atoms with van der Waals surface area (Å²) in [5, 5.41) is 12.8. The van der Waals surface area contributed by atoms with Crippen LogP contribution < -0.4 is 5.32 Å². The molecule has 1 aromatic carbocycles. The molecule has 0 bridgehead atoms. The second kappa shape index (κ2) is 5.97. The minimum atomic E-state index is 0.410. The molecule has 3 nitrogen and oxygen atoms in total. The molecular weight excluding hydrogens is 278 g/mol. The first-order chi connectivity index (χ1) is 10.2. The first-order valence-electron chi connectivity index (χ1n) is 7.21. The highest BCUT2D eigenvalue weighted by Gasteiger charge is 2.20. The summed E-state index contributed by atoms with van der Waals surface area (Å²) in [5.41, 5.74) is 4.51. The molecule has 0 amide bonds. The minimum Gasteiger partial charge on any atom is -0.340 e. The summed E-state index contributed by atoms with van der Waals surface area (Å²) in [6.07, 6.45) is 1.15. The van der Waals surface area contributed by atoms with Crippen molar-refractivity contribution in [2.75, 3.05) is 5.75 Å². The summed E-state index contributed by atoms with van der Waals surface area (Å²) in [5.74, 6) is 1.16. The van der Waals surface area contributed by atoms with Gasteiger partial charge in [0.15, 0.2) is 0 Å². The van der Waals surface area contributed by atoms with Crippen molar-refractivity contribution in [3.8, 4) is 6.07 Å². The lowest BCUT2D eigenvalue weighted by molar-refractivity contribution is 0.509. The van der Waals surface area contributed by atoms with Crippen LogP contribution in [-0.2, 0) is 13.6 Å². The Labute approximate surface area is 130 Å². The van der Waals surface area contributed by atoms with E-state index in [0.717, 1.165) is 30.1 Å². The second-order valence-corrected chi connectivity index (χ2v) is 6.56. The molecule has 0 radical (unpaired) electrons. The largest absolute Gasteiger partial charge is 0.340 e. The highest BCUT2D eigenvalue weighted by Crippen LogP contribution is 2.36. The number of hydrogen-bond acceptors (Lipinski definition) is 3.